The summed E-state index contributed by atoms with van der Waals surface area (Å²) in [4.78, 5) is 0. The number of rotatable bonds is 8. The largest absolute Gasteiger partial charge is 0.312 e. The molecule has 4 unspecified atom stereocenters. The molecule has 4 atom stereocenters. The molecule has 0 aromatic heterocycles. The van der Waals surface area contributed by atoms with E-state index < -0.39 is 0 Å². The lowest BCUT2D eigenvalue weighted by molar-refractivity contribution is 0.117. The Morgan fingerprint density at radius 1 is 0.889 bits per heavy atom. The Kier molecular flexibility index (Phi) is 7.51. The molecule has 1 heteroatoms. The van der Waals surface area contributed by atoms with Crippen molar-refractivity contribution < 1.29 is 0 Å². The third-order valence-electron chi connectivity index (χ3n) is 5.03. The Labute approximate surface area is 116 Å². The highest BCUT2D eigenvalue weighted by Gasteiger charge is 2.32. The molecular formula is C17H37N. The standard InChI is InChI=1S/C17H37N/c1-10-13(4)15(6)17(8,9)11-14(5)16(7)18-12(2)3/h12-16,18H,10-11H2,1-9H3. The fourth-order valence-electron chi connectivity index (χ4n) is 3.01. The van der Waals surface area contributed by atoms with Gasteiger partial charge >= 0.3 is 0 Å². The van der Waals surface area contributed by atoms with Crippen LogP contribution in [-0.2, 0) is 0 Å². The van der Waals surface area contributed by atoms with Crippen LogP contribution in [0.5, 0.6) is 0 Å². The van der Waals surface area contributed by atoms with Gasteiger partial charge < -0.3 is 5.32 Å². The third kappa shape index (κ3) is 5.73. The Bertz CT molecular complexity index is 220. The first-order valence-corrected chi connectivity index (χ1v) is 7.87. The summed E-state index contributed by atoms with van der Waals surface area (Å²) in [5.41, 5.74) is 0.432. The Morgan fingerprint density at radius 3 is 1.78 bits per heavy atom. The van der Waals surface area contributed by atoms with Gasteiger partial charge in [0, 0.05) is 12.1 Å². The SMILES string of the molecule is CCC(C)C(C)C(C)(C)CC(C)C(C)NC(C)C. The van der Waals surface area contributed by atoms with E-state index in [9.17, 15) is 0 Å². The molecule has 1 N–H and O–H groups in total. The minimum absolute atomic E-state index is 0.432. The summed E-state index contributed by atoms with van der Waals surface area (Å²) in [6.45, 7) is 21.2. The predicted molar refractivity (Wildman–Crippen MR) is 83.9 cm³/mol. The molecule has 0 aromatic carbocycles. The van der Waals surface area contributed by atoms with Gasteiger partial charge in [-0.05, 0) is 36.5 Å². The second-order valence-electron chi connectivity index (χ2n) is 7.45. The molecule has 0 aliphatic rings. The molecule has 0 aromatic rings. The van der Waals surface area contributed by atoms with Crippen molar-refractivity contribution in [3.8, 4) is 0 Å². The topological polar surface area (TPSA) is 12.0 Å². The van der Waals surface area contributed by atoms with Crippen LogP contribution in [0.15, 0.2) is 0 Å². The van der Waals surface area contributed by atoms with Crippen LogP contribution in [0.4, 0.5) is 0 Å². The zero-order valence-corrected chi connectivity index (χ0v) is 14.3. The number of nitrogens with one attached hydrogen (secondary N) is 1. The molecule has 0 bridgehead atoms. The normalized spacial score (nSPS) is 19.7. The van der Waals surface area contributed by atoms with Crippen molar-refractivity contribution in [1.29, 1.82) is 0 Å². The fraction of sp³-hybridized carbons (Fsp3) is 1.00. The predicted octanol–water partition coefficient (Wildman–Crippen LogP) is 5.11. The lowest BCUT2D eigenvalue weighted by atomic mass is 9.68. The maximum atomic E-state index is 3.65. The summed E-state index contributed by atoms with van der Waals surface area (Å²) in [6, 6.07) is 1.19. The molecular weight excluding hydrogens is 218 g/mol. The molecule has 18 heavy (non-hydrogen) atoms. The Hall–Kier alpha value is -0.0400. The van der Waals surface area contributed by atoms with E-state index in [0.29, 0.717) is 17.5 Å². The van der Waals surface area contributed by atoms with E-state index in [1.165, 1.54) is 12.8 Å². The molecule has 0 spiro atoms. The summed E-state index contributed by atoms with van der Waals surface area (Å²) in [5, 5.41) is 3.65. The van der Waals surface area contributed by atoms with Crippen LogP contribution in [0.25, 0.3) is 0 Å². The summed E-state index contributed by atoms with van der Waals surface area (Å²) < 4.78 is 0. The van der Waals surface area contributed by atoms with Crippen LogP contribution in [0.3, 0.4) is 0 Å². The Morgan fingerprint density at radius 2 is 1.39 bits per heavy atom. The van der Waals surface area contributed by atoms with Crippen LogP contribution in [-0.4, -0.2) is 12.1 Å². The van der Waals surface area contributed by atoms with E-state index in [1.807, 2.05) is 0 Å². The van der Waals surface area contributed by atoms with Crippen molar-refractivity contribution in [2.45, 2.75) is 87.2 Å². The third-order valence-corrected chi connectivity index (χ3v) is 5.03. The highest BCUT2D eigenvalue weighted by Crippen LogP contribution is 2.39. The highest BCUT2D eigenvalue weighted by atomic mass is 14.9. The van der Waals surface area contributed by atoms with Gasteiger partial charge in [-0.3, -0.25) is 0 Å². The summed E-state index contributed by atoms with van der Waals surface area (Å²) in [7, 11) is 0. The van der Waals surface area contributed by atoms with Crippen molar-refractivity contribution in [2.75, 3.05) is 0 Å². The van der Waals surface area contributed by atoms with Gasteiger partial charge in [0.05, 0.1) is 0 Å². The second-order valence-corrected chi connectivity index (χ2v) is 7.45. The van der Waals surface area contributed by atoms with E-state index in [2.05, 4.69) is 67.6 Å². The van der Waals surface area contributed by atoms with Crippen molar-refractivity contribution in [1.82, 2.24) is 5.32 Å². The molecule has 0 aliphatic heterocycles. The van der Waals surface area contributed by atoms with Gasteiger partial charge in [-0.15, -0.1) is 0 Å². The minimum Gasteiger partial charge on any atom is -0.312 e. The van der Waals surface area contributed by atoms with E-state index in [1.54, 1.807) is 0 Å². The average molecular weight is 255 g/mol. The van der Waals surface area contributed by atoms with Crippen molar-refractivity contribution in [3.63, 3.8) is 0 Å². The summed E-state index contributed by atoms with van der Waals surface area (Å²) in [5.74, 6) is 2.34. The maximum absolute atomic E-state index is 3.65. The lowest BCUT2D eigenvalue weighted by Crippen LogP contribution is -2.40. The molecule has 0 amide bonds. The second kappa shape index (κ2) is 7.53. The molecule has 0 heterocycles. The van der Waals surface area contributed by atoms with Gasteiger partial charge in [0.15, 0.2) is 0 Å². The van der Waals surface area contributed by atoms with Crippen molar-refractivity contribution >= 4 is 0 Å². The fourth-order valence-corrected chi connectivity index (χ4v) is 3.01. The molecule has 0 saturated heterocycles. The van der Waals surface area contributed by atoms with E-state index in [-0.39, 0.29) is 0 Å². The van der Waals surface area contributed by atoms with Crippen LogP contribution in [0.2, 0.25) is 0 Å². The lowest BCUT2D eigenvalue weighted by Gasteiger charge is -2.39. The highest BCUT2D eigenvalue weighted by molar-refractivity contribution is 4.83. The van der Waals surface area contributed by atoms with Gasteiger partial charge in [0.25, 0.3) is 0 Å². The first kappa shape index (κ1) is 18.0. The van der Waals surface area contributed by atoms with E-state index in [0.717, 1.165) is 17.8 Å². The molecule has 0 fully saturated rings. The van der Waals surface area contributed by atoms with Gasteiger partial charge in [0.2, 0.25) is 0 Å². The van der Waals surface area contributed by atoms with Crippen LogP contribution >= 0.6 is 0 Å². The molecule has 0 radical (unpaired) electrons. The number of hydrogen-bond donors (Lipinski definition) is 1. The van der Waals surface area contributed by atoms with Gasteiger partial charge in [0.1, 0.15) is 0 Å². The van der Waals surface area contributed by atoms with Crippen LogP contribution < -0.4 is 5.32 Å². The van der Waals surface area contributed by atoms with Gasteiger partial charge in [-0.2, -0.15) is 0 Å². The zero-order valence-electron chi connectivity index (χ0n) is 14.3. The van der Waals surface area contributed by atoms with Gasteiger partial charge in [-0.1, -0.05) is 61.8 Å². The van der Waals surface area contributed by atoms with Gasteiger partial charge in [-0.25, -0.2) is 0 Å². The van der Waals surface area contributed by atoms with E-state index in [4.69, 9.17) is 0 Å². The molecule has 0 rings (SSSR count). The quantitative estimate of drug-likeness (QED) is 0.635. The average Bonchev–Trinajstić information content (AvgIpc) is 2.25. The first-order valence-electron chi connectivity index (χ1n) is 7.87. The molecule has 0 saturated carbocycles. The summed E-state index contributed by atoms with van der Waals surface area (Å²) >= 11 is 0. The molecule has 0 aliphatic carbocycles. The number of hydrogen-bond acceptors (Lipinski definition) is 1. The van der Waals surface area contributed by atoms with Crippen LogP contribution in [0, 0.1) is 23.2 Å². The van der Waals surface area contributed by atoms with E-state index >= 15 is 0 Å². The van der Waals surface area contributed by atoms with Crippen molar-refractivity contribution in [3.05, 3.63) is 0 Å². The summed E-state index contributed by atoms with van der Waals surface area (Å²) in [6.07, 6.45) is 2.60. The first-order chi connectivity index (χ1) is 8.11. The zero-order chi connectivity index (χ0) is 14.5. The van der Waals surface area contributed by atoms with Crippen LogP contribution in [0.1, 0.15) is 75.2 Å². The Balaban J connectivity index is 4.46. The maximum Gasteiger partial charge on any atom is 0.00669 e. The smallest absolute Gasteiger partial charge is 0.00669 e. The van der Waals surface area contributed by atoms with Crippen molar-refractivity contribution in [2.24, 2.45) is 23.2 Å². The molecule has 1 nitrogen and oxygen atoms in total. The minimum atomic E-state index is 0.432. The molecule has 110 valence electrons. The monoisotopic (exact) mass is 255 g/mol.